The van der Waals surface area contributed by atoms with Crippen molar-refractivity contribution in [3.05, 3.63) is 102 Å². The van der Waals surface area contributed by atoms with Crippen molar-refractivity contribution in [3.63, 3.8) is 0 Å². The van der Waals surface area contributed by atoms with Crippen molar-refractivity contribution in [1.82, 2.24) is 5.32 Å². The van der Waals surface area contributed by atoms with Gasteiger partial charge in [0.05, 0.1) is 5.69 Å². The van der Waals surface area contributed by atoms with Gasteiger partial charge in [-0.25, -0.2) is 14.1 Å². The molecule has 0 saturated carbocycles. The molecule has 1 fully saturated rings. The normalized spacial score (nSPS) is 14.9. The number of carbonyl (C=O) groups excluding carboxylic acids is 2. The number of ether oxygens (including phenoxy) is 1. The number of imide groups is 1. The number of halogens is 1. The van der Waals surface area contributed by atoms with E-state index in [9.17, 15) is 14.0 Å². The number of hydrogen-bond donors (Lipinski definition) is 1. The average Bonchev–Trinajstić information content (AvgIpc) is 3.02. The summed E-state index contributed by atoms with van der Waals surface area (Å²) in [7, 11) is 0. The van der Waals surface area contributed by atoms with E-state index in [1.54, 1.807) is 54.6 Å². The first kappa shape index (κ1) is 18.4. The molecule has 0 aromatic heterocycles. The van der Waals surface area contributed by atoms with E-state index in [0.717, 1.165) is 10.5 Å². The smallest absolute Gasteiger partial charge is 0.333 e. The lowest BCUT2D eigenvalue weighted by Crippen LogP contribution is -2.30. The van der Waals surface area contributed by atoms with Crippen LogP contribution in [-0.4, -0.2) is 11.9 Å². The van der Waals surface area contributed by atoms with Gasteiger partial charge in [-0.15, -0.1) is 0 Å². The number of carbonyl (C=O) groups is 2. The standard InChI is InChI=1S/C23H17FN2O3/c24-18-12-10-16(11-13-18)15-29-21-9-5-4-6-17(21)14-20-22(27)26(23(28)25-20)19-7-2-1-3-8-19/h1-14H,15H2,(H,25,28)/b20-14+. The lowest BCUT2D eigenvalue weighted by atomic mass is 10.1. The van der Waals surface area contributed by atoms with Crippen LogP contribution < -0.4 is 15.0 Å². The van der Waals surface area contributed by atoms with Crippen molar-refractivity contribution in [1.29, 1.82) is 0 Å². The Balaban J connectivity index is 1.56. The summed E-state index contributed by atoms with van der Waals surface area (Å²) in [6, 6.07) is 21.4. The maximum Gasteiger partial charge on any atom is 0.333 e. The van der Waals surface area contributed by atoms with Crippen molar-refractivity contribution in [2.24, 2.45) is 0 Å². The molecule has 0 radical (unpaired) electrons. The Labute approximate surface area is 167 Å². The van der Waals surface area contributed by atoms with Gasteiger partial charge in [-0.05, 0) is 42.0 Å². The van der Waals surface area contributed by atoms with Gasteiger partial charge in [0.2, 0.25) is 0 Å². The molecule has 0 spiro atoms. The minimum atomic E-state index is -0.503. The first-order valence-corrected chi connectivity index (χ1v) is 9.00. The Morgan fingerprint density at radius 1 is 0.897 bits per heavy atom. The molecule has 0 bridgehead atoms. The van der Waals surface area contributed by atoms with Gasteiger partial charge in [0.25, 0.3) is 5.91 Å². The first-order chi connectivity index (χ1) is 14.1. The number of hydrogen-bond acceptors (Lipinski definition) is 3. The van der Waals surface area contributed by atoms with Gasteiger partial charge in [-0.2, -0.15) is 0 Å². The molecular weight excluding hydrogens is 371 g/mol. The molecule has 1 heterocycles. The summed E-state index contributed by atoms with van der Waals surface area (Å²) in [6.07, 6.45) is 1.59. The third-order valence-corrected chi connectivity index (χ3v) is 4.42. The SMILES string of the molecule is O=C1N/C(=C/c2ccccc2OCc2ccc(F)cc2)C(=O)N1c1ccccc1. The maximum absolute atomic E-state index is 13.0. The zero-order valence-corrected chi connectivity index (χ0v) is 15.3. The highest BCUT2D eigenvalue weighted by atomic mass is 19.1. The van der Waals surface area contributed by atoms with Crippen LogP contribution in [0, 0.1) is 5.82 Å². The number of benzene rings is 3. The fraction of sp³-hybridized carbons (Fsp3) is 0.0435. The Hall–Kier alpha value is -3.93. The second-order valence-electron chi connectivity index (χ2n) is 6.42. The molecule has 5 nitrogen and oxygen atoms in total. The topological polar surface area (TPSA) is 58.6 Å². The number of para-hydroxylation sites is 2. The van der Waals surface area contributed by atoms with E-state index in [0.29, 0.717) is 17.0 Å². The molecule has 1 N–H and O–H groups in total. The van der Waals surface area contributed by atoms with Crippen molar-refractivity contribution < 1.29 is 18.7 Å². The predicted octanol–water partition coefficient (Wildman–Crippen LogP) is 4.50. The van der Waals surface area contributed by atoms with Crippen LogP contribution in [0.4, 0.5) is 14.9 Å². The maximum atomic E-state index is 13.0. The van der Waals surface area contributed by atoms with Crippen LogP contribution in [0.2, 0.25) is 0 Å². The molecule has 3 aromatic carbocycles. The van der Waals surface area contributed by atoms with E-state index in [-0.39, 0.29) is 18.1 Å². The van der Waals surface area contributed by atoms with Crippen molar-refractivity contribution in [2.75, 3.05) is 4.90 Å². The molecule has 6 heteroatoms. The molecule has 0 atom stereocenters. The number of nitrogens with zero attached hydrogens (tertiary/aromatic N) is 1. The highest BCUT2D eigenvalue weighted by Crippen LogP contribution is 2.26. The number of nitrogens with one attached hydrogen (secondary N) is 1. The second-order valence-corrected chi connectivity index (χ2v) is 6.42. The summed E-state index contributed by atoms with van der Waals surface area (Å²) in [5.41, 5.74) is 2.12. The van der Waals surface area contributed by atoms with Gasteiger partial charge in [0.1, 0.15) is 23.9 Å². The molecule has 0 aliphatic carbocycles. The molecule has 1 aliphatic heterocycles. The Morgan fingerprint density at radius 2 is 1.59 bits per heavy atom. The van der Waals surface area contributed by atoms with Crippen molar-refractivity contribution in [2.45, 2.75) is 6.61 Å². The van der Waals surface area contributed by atoms with Crippen molar-refractivity contribution >= 4 is 23.7 Å². The summed E-state index contributed by atoms with van der Waals surface area (Å²) in [6.45, 7) is 0.247. The molecule has 144 valence electrons. The average molecular weight is 388 g/mol. The van der Waals surface area contributed by atoms with Gasteiger partial charge >= 0.3 is 6.03 Å². The van der Waals surface area contributed by atoms with Gasteiger partial charge in [-0.1, -0.05) is 48.5 Å². The zero-order chi connectivity index (χ0) is 20.2. The number of rotatable bonds is 5. The summed E-state index contributed by atoms with van der Waals surface area (Å²) < 4.78 is 18.9. The number of anilines is 1. The van der Waals surface area contributed by atoms with E-state index >= 15 is 0 Å². The van der Waals surface area contributed by atoms with Crippen LogP contribution in [0.15, 0.2) is 84.6 Å². The first-order valence-electron chi connectivity index (χ1n) is 9.00. The Kier molecular flexibility index (Phi) is 5.07. The van der Waals surface area contributed by atoms with Crippen LogP contribution in [0.3, 0.4) is 0 Å². The van der Waals surface area contributed by atoms with Crippen LogP contribution in [0.25, 0.3) is 6.08 Å². The van der Waals surface area contributed by atoms with E-state index in [2.05, 4.69) is 5.32 Å². The molecule has 0 unspecified atom stereocenters. The third kappa shape index (κ3) is 4.01. The quantitative estimate of drug-likeness (QED) is 0.517. The Morgan fingerprint density at radius 3 is 2.34 bits per heavy atom. The molecular formula is C23H17FN2O3. The fourth-order valence-corrected chi connectivity index (χ4v) is 2.98. The van der Waals surface area contributed by atoms with Gasteiger partial charge in [0, 0.05) is 5.56 Å². The zero-order valence-electron chi connectivity index (χ0n) is 15.3. The summed E-state index contributed by atoms with van der Waals surface area (Å²) >= 11 is 0. The molecule has 4 rings (SSSR count). The largest absolute Gasteiger partial charge is 0.488 e. The molecule has 1 aliphatic rings. The van der Waals surface area contributed by atoms with Crippen molar-refractivity contribution in [3.8, 4) is 5.75 Å². The van der Waals surface area contributed by atoms with Crippen LogP contribution in [0.5, 0.6) is 5.75 Å². The summed E-state index contributed by atoms with van der Waals surface area (Å²) in [4.78, 5) is 26.1. The number of amides is 3. The van der Waals surface area contributed by atoms with Crippen LogP contribution >= 0.6 is 0 Å². The van der Waals surface area contributed by atoms with Gasteiger partial charge in [0.15, 0.2) is 0 Å². The van der Waals surface area contributed by atoms with Gasteiger partial charge < -0.3 is 10.1 Å². The van der Waals surface area contributed by atoms with Crippen LogP contribution in [0.1, 0.15) is 11.1 Å². The fourth-order valence-electron chi connectivity index (χ4n) is 2.98. The van der Waals surface area contributed by atoms with E-state index in [1.807, 2.05) is 18.2 Å². The monoisotopic (exact) mass is 388 g/mol. The molecule has 3 aromatic rings. The Bertz CT molecular complexity index is 1080. The summed E-state index contributed by atoms with van der Waals surface area (Å²) in [5.74, 6) is -0.198. The minimum absolute atomic E-state index is 0.164. The molecule has 3 amide bonds. The lowest BCUT2D eigenvalue weighted by Gasteiger charge is -2.11. The highest BCUT2D eigenvalue weighted by Gasteiger charge is 2.34. The van der Waals surface area contributed by atoms with E-state index < -0.39 is 11.9 Å². The van der Waals surface area contributed by atoms with E-state index in [1.165, 1.54) is 12.1 Å². The van der Waals surface area contributed by atoms with E-state index in [4.69, 9.17) is 4.74 Å². The molecule has 1 saturated heterocycles. The number of urea groups is 1. The predicted molar refractivity (Wildman–Crippen MR) is 108 cm³/mol. The second kappa shape index (κ2) is 7.98. The summed E-state index contributed by atoms with van der Waals surface area (Å²) in [5, 5.41) is 2.61. The highest BCUT2D eigenvalue weighted by molar-refractivity contribution is 6.28. The molecule has 29 heavy (non-hydrogen) atoms. The van der Waals surface area contributed by atoms with Gasteiger partial charge in [-0.3, -0.25) is 4.79 Å². The third-order valence-electron chi connectivity index (χ3n) is 4.42. The van der Waals surface area contributed by atoms with Crippen LogP contribution in [-0.2, 0) is 11.4 Å². The minimum Gasteiger partial charge on any atom is -0.488 e. The lowest BCUT2D eigenvalue weighted by molar-refractivity contribution is -0.113.